The van der Waals surface area contributed by atoms with E-state index in [1.54, 1.807) is 0 Å². The molecule has 0 aliphatic carbocycles. The van der Waals surface area contributed by atoms with Gasteiger partial charge in [-0.3, -0.25) is 0 Å². The summed E-state index contributed by atoms with van der Waals surface area (Å²) in [6.07, 6.45) is 10.4. The summed E-state index contributed by atoms with van der Waals surface area (Å²) < 4.78 is 6.17. The van der Waals surface area contributed by atoms with E-state index in [9.17, 15) is 0 Å². The molecular formula is C17H35NO. The third-order valence-corrected chi connectivity index (χ3v) is 4.80. The molecule has 1 rings (SSSR count). The van der Waals surface area contributed by atoms with Crippen LogP contribution in [0, 0.1) is 5.92 Å². The van der Waals surface area contributed by atoms with E-state index in [0.29, 0.717) is 6.04 Å². The van der Waals surface area contributed by atoms with Crippen LogP contribution in [0.3, 0.4) is 0 Å². The van der Waals surface area contributed by atoms with Gasteiger partial charge in [0.2, 0.25) is 0 Å². The van der Waals surface area contributed by atoms with Crippen molar-refractivity contribution in [2.45, 2.75) is 90.7 Å². The van der Waals surface area contributed by atoms with E-state index >= 15 is 0 Å². The lowest BCUT2D eigenvalue weighted by molar-refractivity contribution is -0.0926. The molecule has 1 aliphatic heterocycles. The van der Waals surface area contributed by atoms with Crippen LogP contribution in [-0.4, -0.2) is 24.8 Å². The molecule has 1 N–H and O–H groups in total. The summed E-state index contributed by atoms with van der Waals surface area (Å²) >= 11 is 0. The lowest BCUT2D eigenvalue weighted by Crippen LogP contribution is -2.52. The molecule has 1 aliphatic rings. The van der Waals surface area contributed by atoms with Gasteiger partial charge in [0.1, 0.15) is 0 Å². The molecule has 1 heterocycles. The van der Waals surface area contributed by atoms with Crippen molar-refractivity contribution < 1.29 is 4.74 Å². The normalized spacial score (nSPS) is 27.2. The molecule has 0 amide bonds. The number of nitrogens with one attached hydrogen (secondary N) is 1. The molecule has 0 aromatic heterocycles. The zero-order valence-electron chi connectivity index (χ0n) is 13.6. The number of unbranched alkanes of at least 4 members (excludes halogenated alkanes) is 1. The van der Waals surface area contributed by atoms with E-state index in [-0.39, 0.29) is 5.60 Å². The van der Waals surface area contributed by atoms with Gasteiger partial charge in [0.15, 0.2) is 0 Å². The Hall–Kier alpha value is -0.0800. The van der Waals surface area contributed by atoms with Crippen molar-refractivity contribution in [3.63, 3.8) is 0 Å². The Labute approximate surface area is 120 Å². The van der Waals surface area contributed by atoms with Crippen molar-refractivity contribution >= 4 is 0 Å². The minimum absolute atomic E-state index is 0.0634. The van der Waals surface area contributed by atoms with Crippen LogP contribution in [0.15, 0.2) is 0 Å². The minimum atomic E-state index is 0.0634. The van der Waals surface area contributed by atoms with Crippen LogP contribution < -0.4 is 5.32 Å². The van der Waals surface area contributed by atoms with E-state index in [2.05, 4.69) is 33.0 Å². The maximum Gasteiger partial charge on any atom is 0.0806 e. The van der Waals surface area contributed by atoms with Gasteiger partial charge in [0, 0.05) is 12.6 Å². The Kier molecular flexibility index (Phi) is 8.01. The van der Waals surface area contributed by atoms with Gasteiger partial charge in [-0.2, -0.15) is 0 Å². The molecular weight excluding hydrogens is 234 g/mol. The van der Waals surface area contributed by atoms with Gasteiger partial charge in [0.05, 0.1) is 5.60 Å². The van der Waals surface area contributed by atoms with E-state index in [1.165, 1.54) is 51.4 Å². The number of hydrogen-bond donors (Lipinski definition) is 1. The Morgan fingerprint density at radius 1 is 1.21 bits per heavy atom. The predicted octanol–water partition coefficient (Wildman–Crippen LogP) is 4.53. The second-order valence-corrected chi connectivity index (χ2v) is 6.38. The maximum atomic E-state index is 6.17. The van der Waals surface area contributed by atoms with Gasteiger partial charge in [-0.1, -0.05) is 46.5 Å². The molecule has 0 aromatic carbocycles. The highest BCUT2D eigenvalue weighted by atomic mass is 16.5. The summed E-state index contributed by atoms with van der Waals surface area (Å²) in [6, 6.07) is 0.527. The first-order chi connectivity index (χ1) is 9.16. The first kappa shape index (κ1) is 17.0. The van der Waals surface area contributed by atoms with Crippen LogP contribution in [0.25, 0.3) is 0 Å². The second kappa shape index (κ2) is 8.97. The van der Waals surface area contributed by atoms with Crippen molar-refractivity contribution in [2.24, 2.45) is 5.92 Å². The smallest absolute Gasteiger partial charge is 0.0806 e. The largest absolute Gasteiger partial charge is 0.374 e. The van der Waals surface area contributed by atoms with Gasteiger partial charge in [-0.25, -0.2) is 0 Å². The van der Waals surface area contributed by atoms with Crippen molar-refractivity contribution in [3.8, 4) is 0 Å². The van der Waals surface area contributed by atoms with Gasteiger partial charge in [0.25, 0.3) is 0 Å². The lowest BCUT2D eigenvalue weighted by atomic mass is 9.81. The summed E-state index contributed by atoms with van der Waals surface area (Å²) in [5.74, 6) is 0.853. The first-order valence-corrected chi connectivity index (χ1v) is 8.53. The number of rotatable bonds is 9. The Balaban J connectivity index is 2.58. The molecule has 19 heavy (non-hydrogen) atoms. The lowest BCUT2D eigenvalue weighted by Gasteiger charge is -2.42. The van der Waals surface area contributed by atoms with Crippen LogP contribution in [-0.2, 0) is 4.74 Å². The highest BCUT2D eigenvalue weighted by molar-refractivity contribution is 4.92. The predicted molar refractivity (Wildman–Crippen MR) is 83.6 cm³/mol. The molecule has 114 valence electrons. The third-order valence-electron chi connectivity index (χ3n) is 4.80. The SMILES string of the molecule is CCCCC(CC)CC(NCC)C1(C)CCCCO1. The third kappa shape index (κ3) is 5.43. The van der Waals surface area contributed by atoms with E-state index in [0.717, 1.165) is 19.1 Å². The van der Waals surface area contributed by atoms with Crippen LogP contribution in [0.5, 0.6) is 0 Å². The molecule has 3 unspecified atom stereocenters. The topological polar surface area (TPSA) is 21.3 Å². The fraction of sp³-hybridized carbons (Fsp3) is 1.00. The highest BCUT2D eigenvalue weighted by Gasteiger charge is 2.37. The molecule has 1 saturated heterocycles. The molecule has 0 bridgehead atoms. The van der Waals surface area contributed by atoms with Crippen molar-refractivity contribution in [3.05, 3.63) is 0 Å². The fourth-order valence-electron chi connectivity index (χ4n) is 3.34. The Morgan fingerprint density at radius 3 is 2.53 bits per heavy atom. The van der Waals surface area contributed by atoms with Gasteiger partial charge in [-0.15, -0.1) is 0 Å². The average molecular weight is 269 g/mol. The van der Waals surface area contributed by atoms with Crippen LogP contribution in [0.4, 0.5) is 0 Å². The molecule has 2 nitrogen and oxygen atoms in total. The molecule has 2 heteroatoms. The van der Waals surface area contributed by atoms with E-state index < -0.39 is 0 Å². The number of ether oxygens (including phenoxy) is 1. The standard InChI is InChI=1S/C17H35NO/c1-5-8-11-15(6-2)14-16(18-7-3)17(4)12-9-10-13-19-17/h15-16,18H,5-14H2,1-4H3. The van der Waals surface area contributed by atoms with Crippen molar-refractivity contribution in [1.29, 1.82) is 0 Å². The molecule has 3 atom stereocenters. The molecule has 0 spiro atoms. The molecule has 0 saturated carbocycles. The summed E-state index contributed by atoms with van der Waals surface area (Å²) in [5, 5.41) is 3.71. The van der Waals surface area contributed by atoms with Gasteiger partial charge in [-0.05, 0) is 45.1 Å². The Morgan fingerprint density at radius 2 is 2.00 bits per heavy atom. The number of likely N-dealkylation sites (N-methyl/N-ethyl adjacent to an activating group) is 1. The summed E-state index contributed by atoms with van der Waals surface area (Å²) in [6.45, 7) is 11.2. The van der Waals surface area contributed by atoms with Crippen molar-refractivity contribution in [1.82, 2.24) is 5.32 Å². The molecule has 1 fully saturated rings. The van der Waals surface area contributed by atoms with Gasteiger partial charge >= 0.3 is 0 Å². The minimum Gasteiger partial charge on any atom is -0.374 e. The second-order valence-electron chi connectivity index (χ2n) is 6.38. The van der Waals surface area contributed by atoms with E-state index in [1.807, 2.05) is 0 Å². The van der Waals surface area contributed by atoms with Crippen LogP contribution >= 0.6 is 0 Å². The van der Waals surface area contributed by atoms with E-state index in [4.69, 9.17) is 4.74 Å². The fourth-order valence-corrected chi connectivity index (χ4v) is 3.34. The quantitative estimate of drug-likeness (QED) is 0.664. The zero-order chi connectivity index (χ0) is 14.1. The van der Waals surface area contributed by atoms with Crippen molar-refractivity contribution in [2.75, 3.05) is 13.2 Å². The maximum absolute atomic E-state index is 6.17. The van der Waals surface area contributed by atoms with Gasteiger partial charge < -0.3 is 10.1 Å². The monoisotopic (exact) mass is 269 g/mol. The number of hydrogen-bond acceptors (Lipinski definition) is 2. The van der Waals surface area contributed by atoms with Crippen LogP contribution in [0.1, 0.15) is 79.1 Å². The summed E-state index contributed by atoms with van der Waals surface area (Å²) in [5.41, 5.74) is 0.0634. The molecule has 0 radical (unpaired) electrons. The average Bonchev–Trinajstić information content (AvgIpc) is 2.43. The highest BCUT2D eigenvalue weighted by Crippen LogP contribution is 2.32. The summed E-state index contributed by atoms with van der Waals surface area (Å²) in [4.78, 5) is 0. The first-order valence-electron chi connectivity index (χ1n) is 8.53. The Bertz CT molecular complexity index is 223. The summed E-state index contributed by atoms with van der Waals surface area (Å²) in [7, 11) is 0. The van der Waals surface area contributed by atoms with Crippen LogP contribution in [0.2, 0.25) is 0 Å². The molecule has 0 aromatic rings. The zero-order valence-corrected chi connectivity index (χ0v) is 13.6.